The van der Waals surface area contributed by atoms with Gasteiger partial charge in [-0.25, -0.2) is 0 Å². The van der Waals surface area contributed by atoms with Crippen LogP contribution in [-0.4, -0.2) is 27.0 Å². The average Bonchev–Trinajstić information content (AvgIpc) is 3.06. The second-order valence-electron chi connectivity index (χ2n) is 6.14. The van der Waals surface area contributed by atoms with E-state index in [1.54, 1.807) is 11.3 Å². The van der Waals surface area contributed by atoms with Crippen molar-refractivity contribution in [2.75, 3.05) is 6.54 Å². The largest absolute Gasteiger partial charge is 0.328 e. The van der Waals surface area contributed by atoms with Gasteiger partial charge in [0.25, 0.3) is 0 Å². The lowest BCUT2D eigenvalue weighted by molar-refractivity contribution is 0.671. The lowest BCUT2D eigenvalue weighted by Gasteiger charge is -2.10. The molecule has 4 rings (SSSR count). The molecule has 0 saturated carbocycles. The first-order valence-corrected chi connectivity index (χ1v) is 9.27. The van der Waals surface area contributed by atoms with Gasteiger partial charge in [-0.1, -0.05) is 23.7 Å². The Bertz CT molecular complexity index is 984. The first-order chi connectivity index (χ1) is 12.0. The minimum atomic E-state index is -0.230. The first kappa shape index (κ1) is 16.4. The number of aromatic nitrogens is 3. The van der Waals surface area contributed by atoms with Crippen LogP contribution in [0.1, 0.15) is 39.3 Å². The molecule has 3 aromatic rings. The molecule has 3 heterocycles. The molecule has 0 amide bonds. The molecule has 0 radical (unpaired) electrons. The van der Waals surface area contributed by atoms with Crippen molar-refractivity contribution in [3.63, 3.8) is 0 Å². The molecular formula is C18H18ClN5S. The van der Waals surface area contributed by atoms with Crippen molar-refractivity contribution in [1.82, 2.24) is 14.8 Å². The van der Waals surface area contributed by atoms with Gasteiger partial charge in [0.2, 0.25) is 0 Å². The van der Waals surface area contributed by atoms with Crippen LogP contribution in [0.2, 0.25) is 5.02 Å². The fourth-order valence-electron chi connectivity index (χ4n) is 3.15. The second kappa shape index (κ2) is 6.05. The Morgan fingerprint density at radius 1 is 1.16 bits per heavy atom. The Balaban J connectivity index is 2.05. The summed E-state index contributed by atoms with van der Waals surface area (Å²) in [6, 6.07) is 7.56. The fourth-order valence-corrected chi connectivity index (χ4v) is 4.49. The Hall–Kier alpha value is -2.02. The third-order valence-corrected chi connectivity index (χ3v) is 6.02. The number of aryl methyl sites for hydroxylation is 2. The summed E-state index contributed by atoms with van der Waals surface area (Å²) in [6.07, 6.45) is 0. The first-order valence-electron chi connectivity index (χ1n) is 8.07. The number of nitrogens with two attached hydrogens (primary N) is 1. The summed E-state index contributed by atoms with van der Waals surface area (Å²) >= 11 is 7.81. The summed E-state index contributed by atoms with van der Waals surface area (Å²) in [6.45, 7) is 6.61. The van der Waals surface area contributed by atoms with Crippen LogP contribution < -0.4 is 5.73 Å². The van der Waals surface area contributed by atoms with Gasteiger partial charge in [0, 0.05) is 27.6 Å². The van der Waals surface area contributed by atoms with E-state index in [0.717, 1.165) is 33.5 Å². The Kier molecular flexibility index (Phi) is 3.98. The normalized spacial score (nSPS) is 16.2. The number of benzene rings is 1. The molecule has 7 heteroatoms. The number of halogens is 1. The highest BCUT2D eigenvalue weighted by Crippen LogP contribution is 2.38. The van der Waals surface area contributed by atoms with Crippen LogP contribution in [0.4, 0.5) is 0 Å². The van der Waals surface area contributed by atoms with E-state index >= 15 is 0 Å². The van der Waals surface area contributed by atoms with Crippen molar-refractivity contribution < 1.29 is 0 Å². The molecule has 1 aromatic carbocycles. The molecule has 2 N–H and O–H groups in total. The lowest BCUT2D eigenvalue weighted by atomic mass is 10.00. The van der Waals surface area contributed by atoms with Crippen molar-refractivity contribution in [3.05, 3.63) is 62.5 Å². The zero-order valence-corrected chi connectivity index (χ0v) is 15.8. The van der Waals surface area contributed by atoms with Gasteiger partial charge in [-0.2, -0.15) is 0 Å². The van der Waals surface area contributed by atoms with Crippen LogP contribution in [-0.2, 0) is 0 Å². The number of aliphatic imine (C=N–C) groups is 1. The molecule has 0 spiro atoms. The summed E-state index contributed by atoms with van der Waals surface area (Å²) in [5, 5.41) is 10.4. The maximum absolute atomic E-state index is 6.07. The van der Waals surface area contributed by atoms with Crippen LogP contribution in [0.15, 0.2) is 29.3 Å². The van der Waals surface area contributed by atoms with E-state index in [-0.39, 0.29) is 6.04 Å². The molecule has 0 aliphatic carbocycles. The van der Waals surface area contributed by atoms with Gasteiger partial charge < -0.3 is 5.73 Å². The molecule has 5 nitrogen and oxygen atoms in total. The third kappa shape index (κ3) is 2.52. The summed E-state index contributed by atoms with van der Waals surface area (Å²) in [5.41, 5.74) is 10.4. The van der Waals surface area contributed by atoms with Crippen LogP contribution in [0.25, 0.3) is 5.00 Å². The van der Waals surface area contributed by atoms with Gasteiger partial charge in [-0.15, -0.1) is 21.5 Å². The third-order valence-electron chi connectivity index (χ3n) is 4.58. The van der Waals surface area contributed by atoms with Crippen LogP contribution in [0.3, 0.4) is 0 Å². The van der Waals surface area contributed by atoms with Crippen molar-refractivity contribution in [2.24, 2.45) is 10.7 Å². The van der Waals surface area contributed by atoms with Gasteiger partial charge in [0.1, 0.15) is 16.9 Å². The van der Waals surface area contributed by atoms with E-state index in [4.69, 9.17) is 22.3 Å². The van der Waals surface area contributed by atoms with Crippen LogP contribution in [0, 0.1) is 20.8 Å². The van der Waals surface area contributed by atoms with E-state index in [9.17, 15) is 0 Å². The molecule has 128 valence electrons. The topological polar surface area (TPSA) is 69.1 Å². The summed E-state index contributed by atoms with van der Waals surface area (Å²) in [5.74, 6) is 1.65. The SMILES string of the molecule is Cc1sc2c(c1C)C(c1ccc(Cl)cc1)=N[C@@H](CN)c1nnc(C)n1-2. The molecule has 0 bridgehead atoms. The molecule has 0 unspecified atom stereocenters. The van der Waals surface area contributed by atoms with Gasteiger partial charge in [-0.3, -0.25) is 9.56 Å². The smallest absolute Gasteiger partial charge is 0.164 e. The Morgan fingerprint density at radius 2 is 1.88 bits per heavy atom. The van der Waals surface area contributed by atoms with E-state index < -0.39 is 0 Å². The summed E-state index contributed by atoms with van der Waals surface area (Å²) in [4.78, 5) is 6.26. The number of fused-ring (bicyclic) bond motifs is 3. The average molecular weight is 372 g/mol. The van der Waals surface area contributed by atoms with Crippen LogP contribution in [0.5, 0.6) is 0 Å². The van der Waals surface area contributed by atoms with Gasteiger partial charge in [0.05, 0.1) is 5.71 Å². The number of hydrogen-bond acceptors (Lipinski definition) is 5. The van der Waals surface area contributed by atoms with Gasteiger partial charge in [-0.05, 0) is 38.5 Å². The molecule has 1 atom stereocenters. The predicted molar refractivity (Wildman–Crippen MR) is 102 cm³/mol. The highest BCUT2D eigenvalue weighted by atomic mass is 35.5. The van der Waals surface area contributed by atoms with Crippen molar-refractivity contribution in [2.45, 2.75) is 26.8 Å². The molecular weight excluding hydrogens is 354 g/mol. The maximum atomic E-state index is 6.07. The van der Waals surface area contributed by atoms with E-state index in [0.29, 0.717) is 11.6 Å². The number of thiophene rings is 1. The minimum Gasteiger partial charge on any atom is -0.328 e. The zero-order valence-electron chi connectivity index (χ0n) is 14.2. The molecule has 1 aliphatic heterocycles. The Morgan fingerprint density at radius 3 is 2.56 bits per heavy atom. The van der Waals surface area contributed by atoms with E-state index in [1.165, 1.54) is 10.4 Å². The molecule has 25 heavy (non-hydrogen) atoms. The van der Waals surface area contributed by atoms with Gasteiger partial charge in [0.15, 0.2) is 5.82 Å². The monoisotopic (exact) mass is 371 g/mol. The number of hydrogen-bond donors (Lipinski definition) is 1. The Labute approximate surface area is 155 Å². The van der Waals surface area contributed by atoms with Crippen LogP contribution >= 0.6 is 22.9 Å². The molecule has 1 aliphatic rings. The van der Waals surface area contributed by atoms with Crippen molar-refractivity contribution in [1.29, 1.82) is 0 Å². The highest BCUT2D eigenvalue weighted by molar-refractivity contribution is 7.15. The van der Waals surface area contributed by atoms with Gasteiger partial charge >= 0.3 is 0 Å². The quantitative estimate of drug-likeness (QED) is 0.745. The minimum absolute atomic E-state index is 0.230. The predicted octanol–water partition coefficient (Wildman–Crippen LogP) is 3.76. The second-order valence-corrected chi connectivity index (χ2v) is 7.78. The fraction of sp³-hybridized carbons (Fsp3) is 0.278. The number of rotatable bonds is 2. The van der Waals surface area contributed by atoms with Crippen molar-refractivity contribution in [3.8, 4) is 5.00 Å². The van der Waals surface area contributed by atoms with Crippen molar-refractivity contribution >= 4 is 28.6 Å². The molecule has 0 fully saturated rings. The maximum Gasteiger partial charge on any atom is 0.164 e. The zero-order chi connectivity index (χ0) is 17.7. The van der Waals surface area contributed by atoms with E-state index in [2.05, 4.69) is 28.6 Å². The lowest BCUT2D eigenvalue weighted by Crippen LogP contribution is -2.15. The summed E-state index contributed by atoms with van der Waals surface area (Å²) in [7, 11) is 0. The summed E-state index contributed by atoms with van der Waals surface area (Å²) < 4.78 is 2.10. The standard InChI is InChI=1S/C18H18ClN5S/c1-9-10(2)25-18-15(9)16(12-4-6-13(19)7-5-12)21-14(8-20)17-23-22-11(3)24(17)18/h4-7,14H,8,20H2,1-3H3/t14-/m0/s1. The molecule has 0 saturated heterocycles. The highest BCUT2D eigenvalue weighted by Gasteiger charge is 2.30. The van der Waals surface area contributed by atoms with E-state index in [1.807, 2.05) is 31.2 Å². The molecule has 2 aromatic heterocycles. The number of nitrogens with zero attached hydrogens (tertiary/aromatic N) is 4.